The van der Waals surface area contributed by atoms with Crippen molar-refractivity contribution in [2.24, 2.45) is 0 Å². The number of halogens is 2. The molecule has 0 saturated carbocycles. The Labute approximate surface area is 114 Å². The first-order chi connectivity index (χ1) is 6.58. The minimum absolute atomic E-state index is 0. The van der Waals surface area contributed by atoms with E-state index in [1.54, 1.807) is 0 Å². The van der Waals surface area contributed by atoms with Crippen molar-refractivity contribution >= 4 is 25.3 Å². The quantitative estimate of drug-likeness (QED) is 0.495. The number of rotatable bonds is 1. The SMILES string of the molecule is Fc1cc2c(cc1F)CN(C([S-])[S-])C2.[Au]. The van der Waals surface area contributed by atoms with Gasteiger partial charge in [-0.05, 0) is 23.3 Å². The van der Waals surface area contributed by atoms with E-state index >= 15 is 0 Å². The monoisotopic (exact) mass is 428 g/mol. The molecular weight excluding hydrogens is 421 g/mol. The maximum absolute atomic E-state index is 12.9. The Morgan fingerprint density at radius 3 is 1.80 bits per heavy atom. The summed E-state index contributed by atoms with van der Waals surface area (Å²) in [6, 6.07) is 2.44. The van der Waals surface area contributed by atoms with Crippen LogP contribution in [0.4, 0.5) is 8.78 Å². The average molecular weight is 428 g/mol. The van der Waals surface area contributed by atoms with Gasteiger partial charge in [-0.25, -0.2) is 13.5 Å². The van der Waals surface area contributed by atoms with Crippen LogP contribution in [-0.4, -0.2) is 9.61 Å². The fraction of sp³-hybridized carbons (Fsp3) is 0.333. The van der Waals surface area contributed by atoms with Crippen LogP contribution in [0.5, 0.6) is 0 Å². The third kappa shape index (κ3) is 2.78. The maximum Gasteiger partial charge on any atom is 0.159 e. The van der Waals surface area contributed by atoms with Crippen LogP contribution >= 0.6 is 0 Å². The van der Waals surface area contributed by atoms with Gasteiger partial charge in [0.2, 0.25) is 0 Å². The van der Waals surface area contributed by atoms with Gasteiger partial charge in [0, 0.05) is 35.5 Å². The summed E-state index contributed by atoms with van der Waals surface area (Å²) >= 11 is 9.81. The van der Waals surface area contributed by atoms with Crippen LogP contribution in [0.3, 0.4) is 0 Å². The molecule has 0 amide bonds. The standard InChI is InChI=1S/C9H9F2NS2.Au/c10-7-1-5-3-12(9(13)14)4-6(5)2-8(7)11;/h1-2,9,13-14H,3-4H2;/p-2. The predicted octanol–water partition coefficient (Wildman–Crippen LogP) is 1.66. The molecule has 2 rings (SSSR count). The minimum Gasteiger partial charge on any atom is -0.800 e. The van der Waals surface area contributed by atoms with Crippen molar-refractivity contribution in [1.82, 2.24) is 4.90 Å². The van der Waals surface area contributed by atoms with Crippen molar-refractivity contribution in [3.05, 3.63) is 34.9 Å². The van der Waals surface area contributed by atoms with E-state index in [1.165, 1.54) is 12.1 Å². The summed E-state index contributed by atoms with van der Waals surface area (Å²) < 4.78 is 25.3. The summed E-state index contributed by atoms with van der Waals surface area (Å²) in [5.74, 6) is -1.62. The van der Waals surface area contributed by atoms with Crippen LogP contribution in [0.2, 0.25) is 0 Å². The molecule has 6 heteroatoms. The molecule has 0 spiro atoms. The van der Waals surface area contributed by atoms with Gasteiger partial charge in [-0.2, -0.15) is 0 Å². The molecule has 0 atom stereocenters. The van der Waals surface area contributed by atoms with Crippen molar-refractivity contribution in [2.45, 2.75) is 17.8 Å². The fourth-order valence-corrected chi connectivity index (χ4v) is 1.86. The summed E-state index contributed by atoms with van der Waals surface area (Å²) in [5.41, 5.74) is 1.56. The van der Waals surface area contributed by atoms with Crippen molar-refractivity contribution in [3.63, 3.8) is 0 Å². The number of nitrogens with zero attached hydrogens (tertiary/aromatic N) is 1. The van der Waals surface area contributed by atoms with Gasteiger partial charge in [0.1, 0.15) is 0 Å². The largest absolute Gasteiger partial charge is 0.800 e. The molecule has 0 saturated heterocycles. The summed E-state index contributed by atoms with van der Waals surface area (Å²) in [7, 11) is 0. The van der Waals surface area contributed by atoms with Gasteiger partial charge >= 0.3 is 0 Å². The van der Waals surface area contributed by atoms with Crippen molar-refractivity contribution in [3.8, 4) is 0 Å². The molecule has 1 aromatic carbocycles. The zero-order valence-corrected chi connectivity index (χ0v) is 11.3. The third-order valence-electron chi connectivity index (χ3n) is 2.29. The molecule has 0 bridgehead atoms. The van der Waals surface area contributed by atoms with E-state index in [-0.39, 0.29) is 22.4 Å². The first-order valence-corrected chi connectivity index (χ1v) is 5.04. The summed E-state index contributed by atoms with van der Waals surface area (Å²) in [5, 5.41) is 0. The molecule has 1 aromatic rings. The minimum atomic E-state index is -0.809. The van der Waals surface area contributed by atoms with E-state index in [2.05, 4.69) is 0 Å². The summed E-state index contributed by atoms with van der Waals surface area (Å²) in [6.45, 7) is 1.04. The second kappa shape index (κ2) is 5.21. The summed E-state index contributed by atoms with van der Waals surface area (Å²) in [6.07, 6.45) is 0. The Hall–Kier alpha value is 0.480. The molecule has 15 heavy (non-hydrogen) atoms. The van der Waals surface area contributed by atoms with Gasteiger partial charge in [-0.3, -0.25) is 0 Å². The maximum atomic E-state index is 12.9. The molecule has 87 valence electrons. The van der Waals surface area contributed by atoms with Gasteiger partial charge in [0.15, 0.2) is 11.6 Å². The number of hydrogen-bond acceptors (Lipinski definition) is 3. The Balaban J connectivity index is 0.00000112. The molecular formula is C9H7AuF2NS2-2. The van der Waals surface area contributed by atoms with Gasteiger partial charge < -0.3 is 30.2 Å². The van der Waals surface area contributed by atoms with E-state index in [1.807, 2.05) is 4.90 Å². The van der Waals surface area contributed by atoms with Crippen LogP contribution in [0.15, 0.2) is 12.1 Å². The van der Waals surface area contributed by atoms with E-state index in [4.69, 9.17) is 25.3 Å². The molecule has 0 N–H and O–H groups in total. The van der Waals surface area contributed by atoms with Crippen molar-refractivity contribution < 1.29 is 31.2 Å². The van der Waals surface area contributed by atoms with Gasteiger partial charge in [0.05, 0.1) is 0 Å². The van der Waals surface area contributed by atoms with Crippen LogP contribution < -0.4 is 0 Å². The van der Waals surface area contributed by atoms with Gasteiger partial charge in [-0.15, -0.1) is 0 Å². The van der Waals surface area contributed by atoms with Gasteiger partial charge in [0.25, 0.3) is 0 Å². The van der Waals surface area contributed by atoms with Gasteiger partial charge in [-0.1, -0.05) is 0 Å². The first-order valence-electron chi connectivity index (χ1n) is 4.10. The van der Waals surface area contributed by atoms with E-state index < -0.39 is 16.3 Å². The zero-order valence-electron chi connectivity index (χ0n) is 7.47. The molecule has 1 heterocycles. The Morgan fingerprint density at radius 2 is 1.47 bits per heavy atom. The van der Waals surface area contributed by atoms with Crippen LogP contribution in [0, 0.1) is 11.6 Å². The number of fused-ring (bicyclic) bond motifs is 1. The molecule has 1 nitrogen and oxygen atoms in total. The third-order valence-corrected chi connectivity index (χ3v) is 2.88. The second-order valence-electron chi connectivity index (χ2n) is 3.25. The number of benzene rings is 1. The average Bonchev–Trinajstić information content (AvgIpc) is 2.48. The predicted molar refractivity (Wildman–Crippen MR) is 54.1 cm³/mol. The molecule has 1 aliphatic rings. The van der Waals surface area contributed by atoms with E-state index in [0.717, 1.165) is 11.1 Å². The summed E-state index contributed by atoms with van der Waals surface area (Å²) in [4.78, 5) is 1.81. The molecule has 0 aliphatic carbocycles. The normalized spacial score (nSPS) is 15.3. The first kappa shape index (κ1) is 13.5. The van der Waals surface area contributed by atoms with E-state index in [0.29, 0.717) is 13.1 Å². The smallest absolute Gasteiger partial charge is 0.159 e. The Morgan fingerprint density at radius 1 is 1.07 bits per heavy atom. The fourth-order valence-electron chi connectivity index (χ4n) is 1.57. The van der Waals surface area contributed by atoms with Crippen LogP contribution in [0.25, 0.3) is 0 Å². The number of hydrogen-bond donors (Lipinski definition) is 0. The van der Waals surface area contributed by atoms with E-state index in [9.17, 15) is 8.78 Å². The molecule has 0 unspecified atom stereocenters. The Bertz CT molecular complexity index is 342. The molecule has 1 radical (unpaired) electrons. The Kier molecular flexibility index (Phi) is 4.70. The topological polar surface area (TPSA) is 3.24 Å². The zero-order chi connectivity index (χ0) is 10.3. The molecule has 0 aromatic heterocycles. The van der Waals surface area contributed by atoms with Crippen molar-refractivity contribution in [1.29, 1.82) is 0 Å². The second-order valence-corrected chi connectivity index (χ2v) is 4.44. The van der Waals surface area contributed by atoms with Crippen LogP contribution in [0.1, 0.15) is 11.1 Å². The molecule has 0 fully saturated rings. The van der Waals surface area contributed by atoms with Crippen molar-refractivity contribution in [2.75, 3.05) is 0 Å². The molecule has 1 aliphatic heterocycles. The van der Waals surface area contributed by atoms with Crippen LogP contribution in [-0.2, 0) is 60.7 Å².